The van der Waals surface area contributed by atoms with E-state index in [0.29, 0.717) is 31.9 Å². The molecule has 152 valence electrons. The van der Waals surface area contributed by atoms with Gasteiger partial charge in [0, 0.05) is 26.2 Å². The summed E-state index contributed by atoms with van der Waals surface area (Å²) >= 11 is 0. The molecule has 1 amide bonds. The van der Waals surface area contributed by atoms with E-state index in [0.717, 1.165) is 13.1 Å². The van der Waals surface area contributed by atoms with Crippen LogP contribution in [0.15, 0.2) is 29.2 Å². The number of benzene rings is 1. The maximum atomic E-state index is 12.9. The number of hydrogen-bond donors (Lipinski definition) is 1. The summed E-state index contributed by atoms with van der Waals surface area (Å²) in [5.74, 6) is 0.657. The number of carbonyl (C=O) groups is 1. The number of nitrogens with zero attached hydrogens (tertiary/aromatic N) is 2. The van der Waals surface area contributed by atoms with Crippen molar-refractivity contribution in [2.24, 2.45) is 5.92 Å². The third-order valence-corrected chi connectivity index (χ3v) is 6.05. The quantitative estimate of drug-likeness (QED) is 0.720. The molecule has 27 heavy (non-hydrogen) atoms. The lowest BCUT2D eigenvalue weighted by molar-refractivity contribution is -0.135. The predicted octanol–water partition coefficient (Wildman–Crippen LogP) is 1.55. The largest absolute Gasteiger partial charge is 0.494 e. The summed E-state index contributed by atoms with van der Waals surface area (Å²) in [4.78, 5) is 17.0. The minimum Gasteiger partial charge on any atom is -0.494 e. The zero-order valence-corrected chi connectivity index (χ0v) is 17.5. The van der Waals surface area contributed by atoms with Gasteiger partial charge >= 0.3 is 0 Å². The van der Waals surface area contributed by atoms with E-state index < -0.39 is 16.1 Å². The number of nitrogens with one attached hydrogen (secondary N) is 1. The van der Waals surface area contributed by atoms with Crippen LogP contribution >= 0.6 is 0 Å². The number of hydrogen-bond acceptors (Lipinski definition) is 5. The molecular weight excluding hydrogens is 366 g/mol. The van der Waals surface area contributed by atoms with E-state index in [1.165, 1.54) is 12.1 Å². The highest BCUT2D eigenvalue weighted by molar-refractivity contribution is 7.89. The minimum atomic E-state index is -3.79. The Hall–Kier alpha value is -1.64. The average Bonchev–Trinajstić information content (AvgIpc) is 2.61. The summed E-state index contributed by atoms with van der Waals surface area (Å²) in [5, 5.41) is 0. The van der Waals surface area contributed by atoms with Crippen LogP contribution in [0.2, 0.25) is 0 Å². The summed E-state index contributed by atoms with van der Waals surface area (Å²) < 4.78 is 33.6. The predicted molar refractivity (Wildman–Crippen MR) is 105 cm³/mol. The zero-order valence-electron chi connectivity index (χ0n) is 16.6. The van der Waals surface area contributed by atoms with Crippen LogP contribution in [0.4, 0.5) is 0 Å². The molecule has 0 saturated carbocycles. The van der Waals surface area contributed by atoms with Crippen molar-refractivity contribution in [3.05, 3.63) is 24.3 Å². The summed E-state index contributed by atoms with van der Waals surface area (Å²) in [7, 11) is -1.78. The van der Waals surface area contributed by atoms with Crippen molar-refractivity contribution in [1.29, 1.82) is 0 Å². The van der Waals surface area contributed by atoms with Crippen molar-refractivity contribution < 1.29 is 17.9 Å². The van der Waals surface area contributed by atoms with Crippen LogP contribution in [0, 0.1) is 5.92 Å². The lowest BCUT2D eigenvalue weighted by Gasteiger charge is -2.35. The van der Waals surface area contributed by atoms with Crippen molar-refractivity contribution in [1.82, 2.24) is 14.5 Å². The van der Waals surface area contributed by atoms with Crippen LogP contribution in [0.1, 0.15) is 27.2 Å². The number of amides is 1. The Balaban J connectivity index is 2.14. The highest BCUT2D eigenvalue weighted by Gasteiger charge is 2.31. The van der Waals surface area contributed by atoms with Gasteiger partial charge in [0.2, 0.25) is 15.9 Å². The number of rotatable bonds is 8. The Bertz CT molecular complexity index is 711. The number of ether oxygens (including phenoxy) is 1. The molecule has 1 fully saturated rings. The zero-order chi connectivity index (χ0) is 20.0. The van der Waals surface area contributed by atoms with E-state index in [4.69, 9.17) is 4.74 Å². The molecule has 0 bridgehead atoms. The van der Waals surface area contributed by atoms with Crippen LogP contribution in [-0.4, -0.2) is 70.0 Å². The van der Waals surface area contributed by atoms with Crippen LogP contribution in [0.5, 0.6) is 5.75 Å². The van der Waals surface area contributed by atoms with Gasteiger partial charge in [-0.3, -0.25) is 4.79 Å². The first-order chi connectivity index (χ1) is 12.7. The lowest BCUT2D eigenvalue weighted by atomic mass is 10.0. The fourth-order valence-electron chi connectivity index (χ4n) is 3.05. The van der Waals surface area contributed by atoms with Gasteiger partial charge in [0.1, 0.15) is 11.8 Å². The van der Waals surface area contributed by atoms with Crippen LogP contribution < -0.4 is 9.46 Å². The molecule has 1 saturated heterocycles. The monoisotopic (exact) mass is 397 g/mol. The molecule has 0 spiro atoms. The Morgan fingerprint density at radius 2 is 1.74 bits per heavy atom. The number of sulfonamides is 1. The molecule has 0 aliphatic carbocycles. The van der Waals surface area contributed by atoms with Crippen molar-refractivity contribution in [2.75, 3.05) is 39.8 Å². The molecule has 8 heteroatoms. The smallest absolute Gasteiger partial charge is 0.241 e. The van der Waals surface area contributed by atoms with Crippen LogP contribution in [-0.2, 0) is 14.8 Å². The van der Waals surface area contributed by atoms with Gasteiger partial charge in [0.05, 0.1) is 11.5 Å². The fraction of sp³-hybridized carbons (Fsp3) is 0.632. The molecule has 7 nitrogen and oxygen atoms in total. The highest BCUT2D eigenvalue weighted by atomic mass is 32.2. The van der Waals surface area contributed by atoms with Gasteiger partial charge in [-0.2, -0.15) is 4.72 Å². The maximum absolute atomic E-state index is 12.9. The molecular formula is C19H31N3O4S. The summed E-state index contributed by atoms with van der Waals surface area (Å²) in [6.07, 6.45) is 0.460. The van der Waals surface area contributed by atoms with Crippen LogP contribution in [0.3, 0.4) is 0 Å². The van der Waals surface area contributed by atoms with Gasteiger partial charge in [0.15, 0.2) is 0 Å². The Kier molecular flexibility index (Phi) is 7.64. The normalized spacial score (nSPS) is 17.1. The summed E-state index contributed by atoms with van der Waals surface area (Å²) in [6.45, 7) is 9.18. The maximum Gasteiger partial charge on any atom is 0.241 e. The molecule has 1 aliphatic heterocycles. The molecule has 0 aromatic heterocycles. The minimum absolute atomic E-state index is 0.130. The van der Waals surface area contributed by atoms with Crippen molar-refractivity contribution >= 4 is 15.9 Å². The van der Waals surface area contributed by atoms with Gasteiger partial charge in [-0.05, 0) is 50.6 Å². The van der Waals surface area contributed by atoms with E-state index >= 15 is 0 Å². The van der Waals surface area contributed by atoms with Crippen molar-refractivity contribution in [3.63, 3.8) is 0 Å². The van der Waals surface area contributed by atoms with Gasteiger partial charge in [0.25, 0.3) is 0 Å². The lowest BCUT2D eigenvalue weighted by Crippen LogP contribution is -2.54. The first-order valence-electron chi connectivity index (χ1n) is 9.45. The van der Waals surface area contributed by atoms with Crippen molar-refractivity contribution in [3.8, 4) is 5.75 Å². The molecule has 2 rings (SSSR count). The van der Waals surface area contributed by atoms with Gasteiger partial charge in [-0.15, -0.1) is 0 Å². The SMILES string of the molecule is CCOc1ccc(S(=O)(=O)N[C@@H](CC(C)C)C(=O)N2CCN(C)CC2)cc1. The molecule has 1 aromatic carbocycles. The first-order valence-corrected chi connectivity index (χ1v) is 10.9. The Labute approximate surface area is 162 Å². The van der Waals surface area contributed by atoms with Gasteiger partial charge in [-0.1, -0.05) is 13.8 Å². The number of likely N-dealkylation sites (N-methyl/N-ethyl adjacent to an activating group) is 1. The standard InChI is InChI=1S/C19H31N3O4S/c1-5-26-16-6-8-17(9-7-16)27(24,25)20-18(14-15(2)3)19(23)22-12-10-21(4)11-13-22/h6-9,15,18,20H,5,10-14H2,1-4H3/t18-/m0/s1. The Morgan fingerprint density at radius 3 is 2.26 bits per heavy atom. The second-order valence-electron chi connectivity index (χ2n) is 7.34. The summed E-state index contributed by atoms with van der Waals surface area (Å²) in [5.41, 5.74) is 0. The fourth-order valence-corrected chi connectivity index (χ4v) is 4.26. The molecule has 1 aromatic rings. The second-order valence-corrected chi connectivity index (χ2v) is 9.05. The number of piperazine rings is 1. The van der Waals surface area contributed by atoms with E-state index in [1.807, 2.05) is 27.8 Å². The molecule has 1 aliphatic rings. The summed E-state index contributed by atoms with van der Waals surface area (Å²) in [6, 6.07) is 5.49. The molecule has 1 atom stereocenters. The molecule has 1 heterocycles. The molecule has 0 unspecified atom stereocenters. The van der Waals surface area contributed by atoms with Crippen LogP contribution in [0.25, 0.3) is 0 Å². The van der Waals surface area contributed by atoms with E-state index in [9.17, 15) is 13.2 Å². The first kappa shape index (κ1) is 21.7. The molecule has 1 N–H and O–H groups in total. The van der Waals surface area contributed by atoms with Gasteiger partial charge < -0.3 is 14.5 Å². The van der Waals surface area contributed by atoms with Crippen molar-refractivity contribution in [2.45, 2.75) is 38.1 Å². The Morgan fingerprint density at radius 1 is 1.15 bits per heavy atom. The highest BCUT2D eigenvalue weighted by Crippen LogP contribution is 2.18. The molecule has 0 radical (unpaired) electrons. The topological polar surface area (TPSA) is 78.9 Å². The van der Waals surface area contributed by atoms with E-state index in [2.05, 4.69) is 9.62 Å². The second kappa shape index (κ2) is 9.52. The van der Waals surface area contributed by atoms with Gasteiger partial charge in [-0.25, -0.2) is 8.42 Å². The third kappa shape index (κ3) is 6.19. The third-order valence-electron chi connectivity index (χ3n) is 4.56. The van der Waals surface area contributed by atoms with E-state index in [1.54, 1.807) is 17.0 Å². The van der Waals surface area contributed by atoms with E-state index in [-0.39, 0.29) is 16.7 Å². The average molecular weight is 398 g/mol. The number of carbonyl (C=O) groups excluding carboxylic acids is 1.